The highest BCUT2D eigenvalue weighted by molar-refractivity contribution is 7.80. The van der Waals surface area contributed by atoms with Crippen molar-refractivity contribution in [1.29, 1.82) is 0 Å². The molecule has 1 aliphatic rings. The monoisotopic (exact) mass is 399 g/mol. The van der Waals surface area contributed by atoms with Crippen molar-refractivity contribution in [2.75, 3.05) is 5.32 Å². The Morgan fingerprint density at radius 1 is 1.18 bits per heavy atom. The van der Waals surface area contributed by atoms with Crippen LogP contribution in [0.3, 0.4) is 0 Å². The Morgan fingerprint density at radius 2 is 1.86 bits per heavy atom. The molecule has 9 heteroatoms. The largest absolute Gasteiger partial charge is 0.508 e. The molecule has 1 saturated heterocycles. The molecule has 3 rings (SSSR count). The zero-order valence-corrected chi connectivity index (χ0v) is 15.6. The number of hydrazine groups is 1. The highest BCUT2D eigenvalue weighted by Crippen LogP contribution is 2.26. The molecule has 0 aliphatic carbocycles. The minimum atomic E-state index is -1.29. The van der Waals surface area contributed by atoms with Crippen LogP contribution in [0.4, 0.5) is 5.69 Å². The molecule has 1 unspecified atom stereocenters. The van der Waals surface area contributed by atoms with Crippen LogP contribution in [0.15, 0.2) is 42.5 Å². The number of phenolic OH excluding ortho intramolecular Hbond substituents is 2. The van der Waals surface area contributed by atoms with Crippen molar-refractivity contribution < 1.29 is 24.6 Å². The number of Topliss-reactive ketones (excluding diaryl/α,β-unsaturated/α-hetero) is 1. The maximum absolute atomic E-state index is 12.6. The quantitative estimate of drug-likeness (QED) is 0.268. The number of rotatable bonds is 4. The van der Waals surface area contributed by atoms with Gasteiger partial charge in [0.05, 0.1) is 5.56 Å². The van der Waals surface area contributed by atoms with E-state index in [0.29, 0.717) is 5.69 Å². The van der Waals surface area contributed by atoms with Crippen molar-refractivity contribution >= 4 is 40.6 Å². The zero-order chi connectivity index (χ0) is 20.4. The summed E-state index contributed by atoms with van der Waals surface area (Å²) in [5.74, 6) is -3.85. The first-order chi connectivity index (χ1) is 13.3. The molecule has 4 N–H and O–H groups in total. The standard InChI is InChI=1S/C19H17N3O5S/c1-10-2-4-11(5-3-10)20-19(28)22-18(27)14(17(26)21-22)9-16(25)13-8-12(23)6-7-15(13)24/h2-8,14,23-24H,9H2,1H3,(H,20,28)(H,21,26). The lowest BCUT2D eigenvalue weighted by Gasteiger charge is -2.17. The van der Waals surface area contributed by atoms with E-state index in [9.17, 15) is 24.6 Å². The number of carbonyl (C=O) groups excluding carboxylic acids is 3. The number of hydrogen-bond donors (Lipinski definition) is 4. The maximum Gasteiger partial charge on any atom is 0.260 e. The summed E-state index contributed by atoms with van der Waals surface area (Å²) in [5, 5.41) is 23.0. The van der Waals surface area contributed by atoms with Crippen LogP contribution in [0.25, 0.3) is 0 Å². The van der Waals surface area contributed by atoms with Gasteiger partial charge in [0.1, 0.15) is 17.4 Å². The molecule has 1 heterocycles. The fraction of sp³-hybridized carbons (Fsp3) is 0.158. The van der Waals surface area contributed by atoms with Gasteiger partial charge in [0.25, 0.3) is 11.8 Å². The van der Waals surface area contributed by atoms with Gasteiger partial charge in [-0.05, 0) is 49.5 Å². The summed E-state index contributed by atoms with van der Waals surface area (Å²) < 4.78 is 0. The second-order valence-corrected chi connectivity index (χ2v) is 6.71. The Hall–Kier alpha value is -3.46. The van der Waals surface area contributed by atoms with Crippen molar-refractivity contribution in [3.05, 3.63) is 53.6 Å². The summed E-state index contributed by atoms with van der Waals surface area (Å²) in [6, 6.07) is 10.7. The molecule has 144 valence electrons. The van der Waals surface area contributed by atoms with Crippen molar-refractivity contribution in [2.24, 2.45) is 5.92 Å². The maximum atomic E-state index is 12.6. The van der Waals surface area contributed by atoms with Gasteiger partial charge in [-0.25, -0.2) is 0 Å². The van der Waals surface area contributed by atoms with E-state index in [4.69, 9.17) is 12.2 Å². The number of amides is 2. The Morgan fingerprint density at radius 3 is 2.54 bits per heavy atom. The predicted octanol–water partition coefficient (Wildman–Crippen LogP) is 1.87. The molecule has 2 amide bonds. The molecular weight excluding hydrogens is 382 g/mol. The second kappa shape index (κ2) is 7.65. The number of phenols is 2. The smallest absolute Gasteiger partial charge is 0.260 e. The van der Waals surface area contributed by atoms with E-state index in [1.165, 1.54) is 6.07 Å². The molecule has 1 atom stereocenters. The number of benzene rings is 2. The molecule has 0 aromatic heterocycles. The number of aryl methyl sites for hydroxylation is 1. The van der Waals surface area contributed by atoms with Crippen LogP contribution >= 0.6 is 12.2 Å². The average Bonchev–Trinajstić information content (AvgIpc) is 2.93. The molecule has 8 nitrogen and oxygen atoms in total. The van der Waals surface area contributed by atoms with Gasteiger partial charge >= 0.3 is 0 Å². The molecule has 1 aliphatic heterocycles. The predicted molar refractivity (Wildman–Crippen MR) is 105 cm³/mol. The number of ketones is 1. The lowest BCUT2D eigenvalue weighted by Crippen LogP contribution is -2.43. The van der Waals surface area contributed by atoms with Crippen LogP contribution in [0, 0.1) is 12.8 Å². The second-order valence-electron chi connectivity index (χ2n) is 6.33. The van der Waals surface area contributed by atoms with Gasteiger partial charge in [0.15, 0.2) is 10.9 Å². The number of aromatic hydroxyl groups is 2. The van der Waals surface area contributed by atoms with Crippen molar-refractivity contribution in [1.82, 2.24) is 10.4 Å². The fourth-order valence-corrected chi connectivity index (χ4v) is 2.95. The third kappa shape index (κ3) is 3.94. The summed E-state index contributed by atoms with van der Waals surface area (Å²) in [6.45, 7) is 1.93. The van der Waals surface area contributed by atoms with E-state index < -0.39 is 29.9 Å². The van der Waals surface area contributed by atoms with Gasteiger partial charge in [-0.15, -0.1) is 0 Å². The number of thiocarbonyl (C=S) groups is 1. The minimum Gasteiger partial charge on any atom is -0.508 e. The highest BCUT2D eigenvalue weighted by atomic mass is 32.1. The highest BCUT2D eigenvalue weighted by Gasteiger charge is 2.42. The van der Waals surface area contributed by atoms with Gasteiger partial charge in [-0.3, -0.25) is 19.8 Å². The Labute approximate surface area is 165 Å². The number of nitrogens with zero attached hydrogens (tertiary/aromatic N) is 1. The summed E-state index contributed by atoms with van der Waals surface area (Å²) >= 11 is 5.18. The Balaban J connectivity index is 1.70. The third-order valence-electron chi connectivity index (χ3n) is 4.23. The number of carbonyl (C=O) groups is 3. The molecule has 0 saturated carbocycles. The van der Waals surface area contributed by atoms with Crippen LogP contribution in [-0.4, -0.2) is 37.9 Å². The van der Waals surface area contributed by atoms with Crippen molar-refractivity contribution in [3.63, 3.8) is 0 Å². The molecule has 2 aromatic carbocycles. The SMILES string of the molecule is Cc1ccc(NC(=S)N2NC(=O)C(CC(=O)c3cc(O)ccc3O)C2=O)cc1. The first-order valence-corrected chi connectivity index (χ1v) is 8.74. The lowest BCUT2D eigenvalue weighted by atomic mass is 9.97. The van der Waals surface area contributed by atoms with E-state index in [1.807, 2.05) is 19.1 Å². The van der Waals surface area contributed by atoms with Gasteiger partial charge in [0, 0.05) is 12.1 Å². The van der Waals surface area contributed by atoms with Gasteiger partial charge < -0.3 is 15.5 Å². The summed E-state index contributed by atoms with van der Waals surface area (Å²) in [6.07, 6.45) is -0.467. The summed E-state index contributed by atoms with van der Waals surface area (Å²) in [7, 11) is 0. The summed E-state index contributed by atoms with van der Waals surface area (Å²) in [4.78, 5) is 37.2. The van der Waals surface area contributed by atoms with Crippen LogP contribution < -0.4 is 10.7 Å². The van der Waals surface area contributed by atoms with Gasteiger partial charge in [-0.2, -0.15) is 5.01 Å². The van der Waals surface area contributed by atoms with E-state index in [1.54, 1.807) is 12.1 Å². The molecule has 0 bridgehead atoms. The van der Waals surface area contributed by atoms with Crippen molar-refractivity contribution in [3.8, 4) is 11.5 Å². The Kier molecular flexibility index (Phi) is 5.27. The zero-order valence-electron chi connectivity index (χ0n) is 14.8. The van der Waals surface area contributed by atoms with Gasteiger partial charge in [0.2, 0.25) is 0 Å². The molecule has 28 heavy (non-hydrogen) atoms. The van der Waals surface area contributed by atoms with Gasteiger partial charge in [-0.1, -0.05) is 17.7 Å². The van der Waals surface area contributed by atoms with Crippen LogP contribution in [0.2, 0.25) is 0 Å². The van der Waals surface area contributed by atoms with Crippen LogP contribution in [0.5, 0.6) is 11.5 Å². The average molecular weight is 399 g/mol. The van der Waals surface area contributed by atoms with E-state index in [2.05, 4.69) is 10.7 Å². The Bertz CT molecular complexity index is 974. The number of anilines is 1. The molecular formula is C19H17N3O5S. The van der Waals surface area contributed by atoms with E-state index in [-0.39, 0.29) is 22.2 Å². The first kappa shape index (κ1) is 19.3. The lowest BCUT2D eigenvalue weighted by molar-refractivity contribution is -0.129. The minimum absolute atomic E-state index is 0.0302. The van der Waals surface area contributed by atoms with E-state index >= 15 is 0 Å². The third-order valence-corrected chi connectivity index (χ3v) is 4.52. The van der Waals surface area contributed by atoms with Crippen LogP contribution in [-0.2, 0) is 9.59 Å². The molecule has 2 aromatic rings. The first-order valence-electron chi connectivity index (χ1n) is 8.33. The summed E-state index contributed by atoms with van der Waals surface area (Å²) in [5.41, 5.74) is 3.87. The normalized spacial score (nSPS) is 16.0. The van der Waals surface area contributed by atoms with Crippen molar-refractivity contribution in [2.45, 2.75) is 13.3 Å². The molecule has 1 fully saturated rings. The molecule has 0 radical (unpaired) electrons. The fourth-order valence-electron chi connectivity index (χ4n) is 2.70. The topological polar surface area (TPSA) is 119 Å². The molecule has 0 spiro atoms. The van der Waals surface area contributed by atoms with E-state index in [0.717, 1.165) is 22.7 Å². The number of hydrogen-bond acceptors (Lipinski definition) is 6. The van der Waals surface area contributed by atoms with Crippen LogP contribution in [0.1, 0.15) is 22.3 Å². The number of nitrogens with one attached hydrogen (secondary N) is 2.